The van der Waals surface area contributed by atoms with Gasteiger partial charge in [0.15, 0.2) is 12.1 Å². The van der Waals surface area contributed by atoms with Crippen molar-refractivity contribution in [3.8, 4) is 11.6 Å². The van der Waals surface area contributed by atoms with E-state index in [4.69, 9.17) is 10.5 Å². The number of aliphatic hydroxyl groups excluding tert-OH is 1. The molecule has 0 aliphatic heterocycles. The fraction of sp³-hybridized carbons (Fsp3) is 0.292. The van der Waals surface area contributed by atoms with E-state index in [9.17, 15) is 29.1 Å². The summed E-state index contributed by atoms with van der Waals surface area (Å²) >= 11 is 3.19. The highest BCUT2D eigenvalue weighted by Crippen LogP contribution is 2.35. The molecule has 23 heteroatoms. The second kappa shape index (κ2) is 35.1. The minimum Gasteiger partial charge on any atom is -0.469 e. The van der Waals surface area contributed by atoms with Crippen LogP contribution in [0.2, 0.25) is 0 Å². The number of aliphatic hydroxyl groups is 1. The average molecular weight is 1290 g/mol. The number of hydrogen-bond acceptors (Lipinski definition) is 20. The Morgan fingerprint density at radius 2 is 1.20 bits per heavy atom. The average Bonchev–Trinajstić information content (AvgIpc) is 4.64. The van der Waals surface area contributed by atoms with Crippen molar-refractivity contribution >= 4 is 64.7 Å². The van der Waals surface area contributed by atoms with Crippen LogP contribution < -0.4 is 20.6 Å². The van der Waals surface area contributed by atoms with Gasteiger partial charge in [-0.1, -0.05) is 37.0 Å². The van der Waals surface area contributed by atoms with Crippen molar-refractivity contribution in [3.63, 3.8) is 0 Å². The number of para-hydroxylation sites is 1. The highest BCUT2D eigenvalue weighted by Gasteiger charge is 2.36. The summed E-state index contributed by atoms with van der Waals surface area (Å²) in [5.74, 6) is -0.563. The lowest BCUT2D eigenvalue weighted by Gasteiger charge is -2.11. The molecule has 7 unspecified atom stereocenters. The summed E-state index contributed by atoms with van der Waals surface area (Å²) in [7, 11) is 9.09. The molecule has 7 heterocycles. The number of rotatable bonds is 10. The smallest absolute Gasteiger partial charge is 0.338 e. The molecule has 0 bridgehead atoms. The predicted molar refractivity (Wildman–Crippen MR) is 341 cm³/mol. The van der Waals surface area contributed by atoms with E-state index >= 15 is 0 Å². The van der Waals surface area contributed by atoms with E-state index in [0.717, 1.165) is 72.6 Å². The summed E-state index contributed by atoms with van der Waals surface area (Å²) in [6, 6.07) is 23.9. The zero-order chi connectivity index (χ0) is 62.8. The Morgan fingerprint density at radius 3 is 1.81 bits per heavy atom. The molecule has 7 aromatic heterocycles. The standard InChI is InChI=1S/C14H15N2OP.C11H13NO4.C10H9NO3.C8H11N2P.C8H10N2.C8H9NO.C6H4BrNO/c18-16-13-7-6-10-9-15-14(8-12(10)13)17-11-4-2-1-3-5-11;1-15-10(13)4-3-8-7-12-6-5-9(8)11(14)16-2;1-14-10(13)8-4-6-5-11-3-2-7(6)9(8)12;11-10-8-2-1-6-5-9-4-3-7(6)8;9-8-2-1-6-5-10-4-3-7(6)8;10-8-2-1-6-5-9-4-3-7(6)8;7-6-1-2-8-3-5(6)4-9/h1-5,8-9,13,16H,6-7,18H2;5-7H,3-4H2,1-2H3;2-3,5,8H,4H2,1H3;3-5,8,10H,1-2,11H2;3-5,8H,1-2,9H2;3-5,8,10H,1-2H2;1-4H. The number of carbonyl (C=O) groups excluding carboxylic acids is 5. The number of fused-ring (bicyclic) bond motifs is 5. The van der Waals surface area contributed by atoms with E-state index in [-0.39, 0.29) is 30.3 Å². The summed E-state index contributed by atoms with van der Waals surface area (Å²) < 4.78 is 20.2. The van der Waals surface area contributed by atoms with Crippen molar-refractivity contribution in [2.75, 3.05) is 21.3 Å². The molecule has 5 aliphatic carbocycles. The molecule has 0 fully saturated rings. The van der Waals surface area contributed by atoms with E-state index in [1.807, 2.05) is 85.7 Å². The topological polar surface area (TPSA) is 283 Å². The molecule has 0 saturated carbocycles. The van der Waals surface area contributed by atoms with Gasteiger partial charge in [0.2, 0.25) is 5.88 Å². The van der Waals surface area contributed by atoms with E-state index in [1.165, 1.54) is 79.1 Å². The molecule has 5 aliphatic rings. The first-order chi connectivity index (χ1) is 42.8. The highest BCUT2D eigenvalue weighted by atomic mass is 79.9. The van der Waals surface area contributed by atoms with Crippen molar-refractivity contribution < 1.29 is 48.0 Å². The Kier molecular flexibility index (Phi) is 26.9. The van der Waals surface area contributed by atoms with E-state index in [1.54, 1.807) is 49.2 Å². The number of halogens is 1. The summed E-state index contributed by atoms with van der Waals surface area (Å²) in [6.07, 6.45) is 32.6. The molecule has 7 atom stereocenters. The number of hydrogen-bond donors (Lipinski definition) is 4. The van der Waals surface area contributed by atoms with Gasteiger partial charge in [0.1, 0.15) is 11.7 Å². The number of benzene rings is 1. The van der Waals surface area contributed by atoms with E-state index < -0.39 is 17.9 Å². The van der Waals surface area contributed by atoms with E-state index in [2.05, 4.69) is 100 Å². The molecule has 20 nitrogen and oxygen atoms in total. The van der Waals surface area contributed by atoms with Crippen LogP contribution in [0.5, 0.6) is 11.6 Å². The monoisotopic (exact) mass is 1290 g/mol. The van der Waals surface area contributed by atoms with Crippen LogP contribution in [0.25, 0.3) is 0 Å². The highest BCUT2D eigenvalue weighted by molar-refractivity contribution is 9.10. The van der Waals surface area contributed by atoms with Crippen LogP contribution in [0, 0.1) is 5.92 Å². The Morgan fingerprint density at radius 1 is 0.648 bits per heavy atom. The number of nitrogens with zero attached hydrogens (tertiary/aromatic N) is 7. The zero-order valence-corrected chi connectivity index (χ0v) is 52.9. The van der Waals surface area contributed by atoms with Crippen LogP contribution in [0.4, 0.5) is 0 Å². The lowest BCUT2D eigenvalue weighted by Crippen LogP contribution is -2.21. The van der Waals surface area contributed by atoms with Gasteiger partial charge >= 0.3 is 17.9 Å². The van der Waals surface area contributed by atoms with Crippen LogP contribution in [0.15, 0.2) is 158 Å². The van der Waals surface area contributed by atoms with Gasteiger partial charge in [-0.2, -0.15) is 0 Å². The second-order valence-electron chi connectivity index (χ2n) is 20.4. The third-order valence-corrected chi connectivity index (χ3v) is 16.5. The van der Waals surface area contributed by atoms with Crippen molar-refractivity contribution in [3.05, 3.63) is 230 Å². The van der Waals surface area contributed by atoms with Crippen molar-refractivity contribution in [2.24, 2.45) is 11.7 Å². The summed E-state index contributed by atoms with van der Waals surface area (Å²) in [5, 5.41) is 15.8. The lowest BCUT2D eigenvalue weighted by molar-refractivity contribution is -0.143. The maximum absolute atomic E-state index is 11.7. The quantitative estimate of drug-likeness (QED) is 0.0326. The maximum atomic E-state index is 11.7. The Labute approximate surface area is 524 Å². The fourth-order valence-corrected chi connectivity index (χ4v) is 11.2. The molecule has 0 spiro atoms. The normalized spacial score (nSPS) is 17.2. The van der Waals surface area contributed by atoms with Gasteiger partial charge in [-0.15, -0.1) is 0 Å². The lowest BCUT2D eigenvalue weighted by atomic mass is 10.1. The minimum atomic E-state index is -0.667. The summed E-state index contributed by atoms with van der Waals surface area (Å²) in [5.41, 5.74) is 19.2. The molecular weight excluding hydrogens is 1220 g/mol. The fourth-order valence-electron chi connectivity index (χ4n) is 10.2. The number of methoxy groups -OCH3 is 3. The number of aromatic nitrogens is 7. The number of pyridine rings is 7. The van der Waals surface area contributed by atoms with Gasteiger partial charge in [-0.3, -0.25) is 59.3 Å². The zero-order valence-electron chi connectivity index (χ0n) is 49.0. The van der Waals surface area contributed by atoms with Crippen molar-refractivity contribution in [1.29, 1.82) is 0 Å². The van der Waals surface area contributed by atoms with Crippen LogP contribution >= 0.6 is 34.7 Å². The van der Waals surface area contributed by atoms with Gasteiger partial charge in [-0.25, -0.2) is 9.78 Å². The third-order valence-electron chi connectivity index (χ3n) is 15.0. The molecule has 458 valence electrons. The maximum Gasteiger partial charge on any atom is 0.338 e. The summed E-state index contributed by atoms with van der Waals surface area (Å²) in [4.78, 5) is 83.4. The second-order valence-corrected chi connectivity index (χ2v) is 21.9. The van der Waals surface area contributed by atoms with Gasteiger partial charge in [0.25, 0.3) is 0 Å². The number of nitrogens with one attached hydrogen (secondary N) is 2. The van der Waals surface area contributed by atoms with Crippen molar-refractivity contribution in [1.82, 2.24) is 45.1 Å². The number of Topliss-reactive ketones (excluding diaryl/α,β-unsaturated/α-hetero) is 1. The minimum absolute atomic E-state index is 0.158. The van der Waals surface area contributed by atoms with Crippen molar-refractivity contribution in [2.45, 2.75) is 94.9 Å². The molecule has 8 aromatic rings. The number of aldehydes is 1. The third kappa shape index (κ3) is 19.0. The predicted octanol–water partition coefficient (Wildman–Crippen LogP) is 10.0. The van der Waals surface area contributed by atoms with Gasteiger partial charge in [0, 0.05) is 127 Å². The van der Waals surface area contributed by atoms with Gasteiger partial charge in [0.05, 0.1) is 33.0 Å². The molecule has 0 radical (unpaired) electrons. The Balaban J connectivity index is 0.000000148. The number of carbonyl (C=O) groups is 5. The van der Waals surface area contributed by atoms with Crippen LogP contribution in [-0.4, -0.2) is 91.3 Å². The van der Waals surface area contributed by atoms with E-state index in [0.29, 0.717) is 53.1 Å². The van der Waals surface area contributed by atoms with Crippen LogP contribution in [0.3, 0.4) is 0 Å². The van der Waals surface area contributed by atoms with Gasteiger partial charge < -0.3 is 29.8 Å². The first-order valence-electron chi connectivity index (χ1n) is 28.3. The van der Waals surface area contributed by atoms with Crippen LogP contribution in [-0.2, 0) is 62.3 Å². The number of ketones is 1. The molecule has 88 heavy (non-hydrogen) atoms. The number of esters is 3. The number of nitrogens with two attached hydrogens (primary N) is 1. The number of aryl methyl sites for hydroxylation is 5. The summed E-state index contributed by atoms with van der Waals surface area (Å²) in [6.45, 7) is 0. The first kappa shape index (κ1) is 67.5. The first-order valence-corrected chi connectivity index (χ1v) is 30.3. The van der Waals surface area contributed by atoms with Gasteiger partial charge in [-0.05, 0) is 184 Å². The largest absolute Gasteiger partial charge is 0.469 e. The van der Waals surface area contributed by atoms with Crippen LogP contribution in [0.1, 0.15) is 143 Å². The molecule has 1 aromatic carbocycles. The molecule has 13 rings (SSSR count). The molecule has 5 N–H and O–H groups in total. The Bertz CT molecular complexity index is 3560. The Hall–Kier alpha value is -8.00. The number of ether oxygens (including phenoxy) is 4. The molecule has 0 amide bonds. The molecular formula is C65H71BrN10O10P2. The molecule has 0 saturated heterocycles. The SMILES string of the molecule is COC(=O)C1Cc2cnccc2C1=O.COC(=O)CCc1cnccc1C(=O)OC.NC1CCc2cnccc21.O=Cc1cnccc1Br.OC1CCc2cnccc21.PNC1CCc2cnc(Oc3ccccc3)cc21.PNC1CCc2cnccc21.